The van der Waals surface area contributed by atoms with E-state index in [1.54, 1.807) is 11.3 Å². The predicted molar refractivity (Wildman–Crippen MR) is 106 cm³/mol. The van der Waals surface area contributed by atoms with Crippen LogP contribution in [0.25, 0.3) is 10.9 Å². The van der Waals surface area contributed by atoms with Crippen molar-refractivity contribution < 1.29 is 0 Å². The van der Waals surface area contributed by atoms with E-state index in [-0.39, 0.29) is 0 Å². The molecular weight excluding hydrogens is 318 g/mol. The molecule has 1 saturated carbocycles. The highest BCUT2D eigenvalue weighted by atomic mass is 15.3. The Labute approximate surface area is 156 Å². The second kappa shape index (κ2) is 5.71. The van der Waals surface area contributed by atoms with Gasteiger partial charge in [0, 0.05) is 41.8 Å². The second-order valence-corrected chi connectivity index (χ2v) is 8.88. The van der Waals surface area contributed by atoms with Gasteiger partial charge in [0.15, 0.2) is 0 Å². The molecule has 4 aliphatic heterocycles. The molecule has 5 aliphatic rings. The summed E-state index contributed by atoms with van der Waals surface area (Å²) >= 11 is 0. The second-order valence-electron chi connectivity index (χ2n) is 8.88. The quantitative estimate of drug-likeness (QED) is 0.826. The van der Waals surface area contributed by atoms with Crippen LogP contribution >= 0.6 is 0 Å². The van der Waals surface area contributed by atoms with E-state index in [4.69, 9.17) is 0 Å². The molecule has 3 heteroatoms. The minimum Gasteiger partial charge on any atom is -0.357 e. The highest BCUT2D eigenvalue weighted by Gasteiger charge is 2.56. The van der Waals surface area contributed by atoms with Crippen LogP contribution in [0.5, 0.6) is 0 Å². The topological polar surface area (TPSA) is 22.3 Å². The maximum Gasteiger partial charge on any atom is 0.0547 e. The molecule has 7 rings (SSSR count). The highest BCUT2D eigenvalue weighted by Crippen LogP contribution is 2.56. The highest BCUT2D eigenvalue weighted by molar-refractivity contribution is 5.85. The van der Waals surface area contributed by atoms with Crippen LogP contribution < -0.4 is 0 Å². The van der Waals surface area contributed by atoms with Gasteiger partial charge < -0.3 is 4.98 Å². The Kier molecular flexibility index (Phi) is 3.40. The Balaban J connectivity index is 1.47. The molecule has 136 valence electrons. The van der Waals surface area contributed by atoms with E-state index in [1.165, 1.54) is 56.1 Å². The van der Waals surface area contributed by atoms with Crippen LogP contribution in [0.1, 0.15) is 43.0 Å². The molecule has 0 radical (unpaired) electrons. The van der Waals surface area contributed by atoms with Crippen molar-refractivity contribution in [3.8, 4) is 0 Å². The first-order valence-electron chi connectivity index (χ1n) is 10.6. The van der Waals surface area contributed by atoms with Crippen LogP contribution in [-0.4, -0.2) is 46.5 Å². The average molecular weight is 348 g/mol. The normalized spacial score (nSPS) is 36.5. The van der Waals surface area contributed by atoms with Crippen LogP contribution in [0.2, 0.25) is 0 Å². The van der Waals surface area contributed by atoms with Gasteiger partial charge >= 0.3 is 0 Å². The van der Waals surface area contributed by atoms with E-state index in [0.29, 0.717) is 6.04 Å². The minimum absolute atomic E-state index is 0.608. The minimum atomic E-state index is 0.608. The number of H-pyrrole nitrogens is 1. The molecule has 1 N–H and O–H groups in total. The number of fused-ring (bicyclic) bond motifs is 4. The van der Waals surface area contributed by atoms with Crippen molar-refractivity contribution in [2.45, 2.75) is 50.2 Å². The van der Waals surface area contributed by atoms with Gasteiger partial charge in [0.05, 0.1) is 6.04 Å². The number of aromatic amines is 1. The van der Waals surface area contributed by atoms with Crippen molar-refractivity contribution in [3.05, 3.63) is 48.2 Å². The van der Waals surface area contributed by atoms with Crippen molar-refractivity contribution in [2.75, 3.05) is 19.6 Å². The largest absolute Gasteiger partial charge is 0.357 e. The molecule has 4 fully saturated rings. The van der Waals surface area contributed by atoms with E-state index in [2.05, 4.69) is 51.7 Å². The average Bonchev–Trinajstić information content (AvgIpc) is 3.08. The summed E-state index contributed by atoms with van der Waals surface area (Å²) in [4.78, 5) is 9.54. The molecule has 3 saturated heterocycles. The number of benzene rings is 1. The van der Waals surface area contributed by atoms with Gasteiger partial charge in [-0.1, -0.05) is 24.3 Å². The maximum absolute atomic E-state index is 4.04. The van der Waals surface area contributed by atoms with E-state index in [9.17, 15) is 0 Å². The number of hydrogen-bond acceptors (Lipinski definition) is 2. The summed E-state index contributed by atoms with van der Waals surface area (Å²) in [5.74, 6) is 1.65. The number of para-hydroxylation sites is 1. The van der Waals surface area contributed by atoms with Gasteiger partial charge in [-0.3, -0.25) is 9.80 Å². The summed E-state index contributed by atoms with van der Waals surface area (Å²) in [6, 6.07) is 11.1. The number of rotatable bonds is 2. The zero-order valence-corrected chi connectivity index (χ0v) is 15.5. The van der Waals surface area contributed by atoms with Crippen LogP contribution in [0.3, 0.4) is 0 Å². The van der Waals surface area contributed by atoms with Gasteiger partial charge in [0.2, 0.25) is 0 Å². The summed E-state index contributed by atoms with van der Waals surface area (Å²) in [6.07, 6.45) is 8.95. The first-order chi connectivity index (χ1) is 12.9. The van der Waals surface area contributed by atoms with Gasteiger partial charge in [0.1, 0.15) is 0 Å². The third-order valence-electron chi connectivity index (χ3n) is 7.89. The van der Waals surface area contributed by atoms with Gasteiger partial charge in [-0.05, 0) is 62.1 Å². The molecule has 5 atom stereocenters. The van der Waals surface area contributed by atoms with Gasteiger partial charge in [-0.25, -0.2) is 0 Å². The molecule has 26 heavy (non-hydrogen) atoms. The molecule has 1 aromatic heterocycles. The first-order valence-corrected chi connectivity index (χ1v) is 10.6. The molecule has 1 aliphatic carbocycles. The van der Waals surface area contributed by atoms with Crippen LogP contribution in [0.15, 0.2) is 36.9 Å². The summed E-state index contributed by atoms with van der Waals surface area (Å²) in [5.41, 5.74) is 4.50. The number of nitrogens with zero attached hydrogens (tertiary/aromatic N) is 2. The van der Waals surface area contributed by atoms with Crippen molar-refractivity contribution >= 4 is 10.9 Å². The fourth-order valence-electron chi connectivity index (χ4n) is 7.13. The lowest BCUT2D eigenvalue weighted by Crippen LogP contribution is -2.67. The van der Waals surface area contributed by atoms with Crippen molar-refractivity contribution in [1.29, 1.82) is 0 Å². The molecule has 2 bridgehead atoms. The fraction of sp³-hybridized carbons (Fsp3) is 0.565. The monoisotopic (exact) mass is 347 g/mol. The zero-order valence-electron chi connectivity index (χ0n) is 15.5. The smallest absolute Gasteiger partial charge is 0.0547 e. The molecule has 3 nitrogen and oxygen atoms in total. The Hall–Kier alpha value is -1.58. The summed E-state index contributed by atoms with van der Waals surface area (Å²) in [6.45, 7) is 7.63. The Morgan fingerprint density at radius 1 is 1.12 bits per heavy atom. The summed E-state index contributed by atoms with van der Waals surface area (Å²) < 4.78 is 0. The number of aromatic nitrogens is 1. The van der Waals surface area contributed by atoms with E-state index in [1.807, 2.05) is 0 Å². The molecule has 0 spiro atoms. The maximum atomic E-state index is 4.04. The van der Waals surface area contributed by atoms with E-state index >= 15 is 0 Å². The van der Waals surface area contributed by atoms with Crippen molar-refractivity contribution in [3.63, 3.8) is 0 Å². The third kappa shape index (κ3) is 1.96. The van der Waals surface area contributed by atoms with Crippen molar-refractivity contribution in [1.82, 2.24) is 14.8 Å². The lowest BCUT2D eigenvalue weighted by molar-refractivity contribution is -0.130. The molecule has 5 heterocycles. The molecule has 0 amide bonds. The molecular formula is C23H29N3. The molecule has 1 aromatic carbocycles. The summed E-state index contributed by atoms with van der Waals surface area (Å²) in [7, 11) is 0. The number of likely N-dealkylation sites (tertiary alicyclic amines) is 1. The van der Waals surface area contributed by atoms with Gasteiger partial charge in [0.25, 0.3) is 0 Å². The molecule has 0 unspecified atom stereocenters. The standard InChI is InChI=1S/C23H29N3/c1-2-12-25-13-5-7-17-20-10-9-18(22(17)25)23-21-16(11-14-26(20)23)15-6-3-4-8-19(15)24-21/h2-4,6,8,17-18,20,22-24H,1,5,7,9-14H2/t17-,18+,20-,22-,23+/m0/s1. The van der Waals surface area contributed by atoms with Gasteiger partial charge in [-0.2, -0.15) is 0 Å². The molecule has 2 aromatic rings. The lowest BCUT2D eigenvalue weighted by Gasteiger charge is -2.63. The number of piperidine rings is 3. The number of nitrogens with one attached hydrogen (secondary N) is 1. The van der Waals surface area contributed by atoms with E-state index < -0.39 is 0 Å². The van der Waals surface area contributed by atoms with Crippen LogP contribution in [-0.2, 0) is 6.42 Å². The zero-order chi connectivity index (χ0) is 17.3. The Morgan fingerprint density at radius 2 is 2.04 bits per heavy atom. The Morgan fingerprint density at radius 3 is 2.96 bits per heavy atom. The SMILES string of the molecule is C=CCN1CCC[C@@H]2[C@H]1[C@H]1CC[C@@H]2N2CCc3c([nH]c4ccccc34)[C@@H]12. The summed E-state index contributed by atoms with van der Waals surface area (Å²) in [5, 5.41) is 1.46. The van der Waals surface area contributed by atoms with Crippen molar-refractivity contribution in [2.24, 2.45) is 11.8 Å². The lowest BCUT2D eigenvalue weighted by atomic mass is 9.60. The Bertz CT molecular complexity index is 852. The first kappa shape index (κ1) is 15.5. The van der Waals surface area contributed by atoms with Gasteiger partial charge in [-0.15, -0.1) is 6.58 Å². The van der Waals surface area contributed by atoms with Crippen LogP contribution in [0.4, 0.5) is 0 Å². The predicted octanol–water partition coefficient (Wildman–Crippen LogP) is 4.13. The number of hydrogen-bond donors (Lipinski definition) is 1. The van der Waals surface area contributed by atoms with E-state index in [0.717, 1.165) is 30.5 Å². The van der Waals surface area contributed by atoms with Crippen LogP contribution in [0, 0.1) is 11.8 Å². The third-order valence-corrected chi connectivity index (χ3v) is 7.89. The fourth-order valence-corrected chi connectivity index (χ4v) is 7.13.